The largest absolute Gasteiger partial charge is 0.481 e. The first-order valence-electron chi connectivity index (χ1n) is 12.5. The van der Waals surface area contributed by atoms with E-state index >= 15 is 0 Å². The lowest BCUT2D eigenvalue weighted by atomic mass is 9.98. The Morgan fingerprint density at radius 1 is 0.971 bits per heavy atom. The fourth-order valence-corrected chi connectivity index (χ4v) is 4.54. The molecular formula is C28H36N2O5. The quantitative estimate of drug-likeness (QED) is 0.370. The Morgan fingerprint density at radius 3 is 2.20 bits per heavy atom. The van der Waals surface area contributed by atoms with Crippen molar-refractivity contribution in [2.75, 3.05) is 13.2 Å². The summed E-state index contributed by atoms with van der Waals surface area (Å²) < 4.78 is 5.61. The number of carbonyl (C=O) groups is 3. The lowest BCUT2D eigenvalue weighted by molar-refractivity contribution is -0.137. The molecule has 0 aliphatic heterocycles. The summed E-state index contributed by atoms with van der Waals surface area (Å²) in [5.41, 5.74) is 4.60. The first kappa shape index (κ1) is 26.3. The standard InChI is InChI=1S/C28H36N2O5/c1-3-4-13-25(27(33)29-17-16-19(2)14-15-26(31)32)30-28(34)35-18-24-22-11-7-5-9-20(22)21-10-6-8-12-23(21)24/h5-12,19,24-25H,3-4,13-18H2,1-2H3,(H,29,33)(H,30,34)(H,31,32). The molecule has 0 radical (unpaired) electrons. The minimum Gasteiger partial charge on any atom is -0.481 e. The van der Waals surface area contributed by atoms with Crippen molar-refractivity contribution >= 4 is 18.0 Å². The molecule has 3 N–H and O–H groups in total. The Balaban J connectivity index is 1.53. The lowest BCUT2D eigenvalue weighted by Crippen LogP contribution is -2.47. The van der Waals surface area contributed by atoms with Gasteiger partial charge in [-0.1, -0.05) is 75.2 Å². The molecule has 1 aliphatic carbocycles. The number of carboxylic acids is 1. The van der Waals surface area contributed by atoms with Crippen LogP contribution in [0.2, 0.25) is 0 Å². The highest BCUT2D eigenvalue weighted by molar-refractivity contribution is 5.85. The number of carboxylic acid groups (broad SMARTS) is 1. The van der Waals surface area contributed by atoms with E-state index in [1.165, 1.54) is 0 Å². The molecule has 0 aromatic heterocycles. The van der Waals surface area contributed by atoms with Gasteiger partial charge in [0.2, 0.25) is 5.91 Å². The van der Waals surface area contributed by atoms with Gasteiger partial charge in [-0.2, -0.15) is 0 Å². The van der Waals surface area contributed by atoms with Gasteiger partial charge in [-0.25, -0.2) is 4.79 Å². The van der Waals surface area contributed by atoms with Crippen molar-refractivity contribution in [3.63, 3.8) is 0 Å². The van der Waals surface area contributed by atoms with Crippen LogP contribution in [0.3, 0.4) is 0 Å². The third-order valence-corrected chi connectivity index (χ3v) is 6.59. The highest BCUT2D eigenvalue weighted by atomic mass is 16.5. The Kier molecular flexibility index (Phi) is 9.70. The van der Waals surface area contributed by atoms with Gasteiger partial charge in [0.05, 0.1) is 0 Å². The zero-order chi connectivity index (χ0) is 25.2. The molecule has 2 atom stereocenters. The van der Waals surface area contributed by atoms with E-state index in [-0.39, 0.29) is 30.8 Å². The zero-order valence-corrected chi connectivity index (χ0v) is 20.6. The Hall–Kier alpha value is -3.35. The van der Waals surface area contributed by atoms with E-state index in [2.05, 4.69) is 34.9 Å². The first-order valence-corrected chi connectivity index (χ1v) is 12.5. The summed E-state index contributed by atoms with van der Waals surface area (Å²) in [5.74, 6) is -0.899. The van der Waals surface area contributed by atoms with Gasteiger partial charge in [0.1, 0.15) is 12.6 Å². The van der Waals surface area contributed by atoms with Gasteiger partial charge in [0.15, 0.2) is 0 Å². The van der Waals surface area contributed by atoms with Crippen LogP contribution in [0, 0.1) is 5.92 Å². The predicted molar refractivity (Wildman–Crippen MR) is 135 cm³/mol. The fraction of sp³-hybridized carbons (Fsp3) is 0.464. The molecule has 35 heavy (non-hydrogen) atoms. The van der Waals surface area contributed by atoms with E-state index in [9.17, 15) is 14.4 Å². The number of hydrogen-bond acceptors (Lipinski definition) is 4. The summed E-state index contributed by atoms with van der Waals surface area (Å²) in [6.07, 6.45) is 3.02. The van der Waals surface area contributed by atoms with Crippen LogP contribution >= 0.6 is 0 Å². The number of rotatable bonds is 13. The molecule has 0 bridgehead atoms. The van der Waals surface area contributed by atoms with Gasteiger partial charge in [0.25, 0.3) is 0 Å². The average molecular weight is 481 g/mol. The van der Waals surface area contributed by atoms with Crippen LogP contribution in [0.4, 0.5) is 4.79 Å². The molecule has 2 aromatic carbocycles. The molecule has 0 saturated heterocycles. The molecule has 2 aromatic rings. The lowest BCUT2D eigenvalue weighted by Gasteiger charge is -2.20. The smallest absolute Gasteiger partial charge is 0.407 e. The van der Waals surface area contributed by atoms with Gasteiger partial charge in [-0.05, 0) is 47.4 Å². The number of nitrogens with one attached hydrogen (secondary N) is 2. The van der Waals surface area contributed by atoms with E-state index in [1.54, 1.807) is 0 Å². The molecule has 0 heterocycles. The Labute approximate surface area is 207 Å². The highest BCUT2D eigenvalue weighted by Gasteiger charge is 2.29. The molecule has 188 valence electrons. The molecule has 0 fully saturated rings. The topological polar surface area (TPSA) is 105 Å². The summed E-state index contributed by atoms with van der Waals surface area (Å²) in [7, 11) is 0. The molecule has 0 spiro atoms. The maximum atomic E-state index is 12.7. The monoisotopic (exact) mass is 480 g/mol. The number of hydrogen-bond donors (Lipinski definition) is 3. The minimum absolute atomic E-state index is 0.0386. The second kappa shape index (κ2) is 12.9. The second-order valence-corrected chi connectivity index (χ2v) is 9.28. The van der Waals surface area contributed by atoms with E-state index in [0.29, 0.717) is 25.8 Å². The third kappa shape index (κ3) is 7.31. The highest BCUT2D eigenvalue weighted by Crippen LogP contribution is 2.44. The van der Waals surface area contributed by atoms with Gasteiger partial charge in [-0.3, -0.25) is 9.59 Å². The van der Waals surface area contributed by atoms with Crippen LogP contribution in [0.1, 0.15) is 69.4 Å². The average Bonchev–Trinajstić information content (AvgIpc) is 3.17. The van der Waals surface area contributed by atoms with E-state index in [0.717, 1.165) is 35.1 Å². The van der Waals surface area contributed by atoms with E-state index in [4.69, 9.17) is 9.84 Å². The Morgan fingerprint density at radius 2 is 1.60 bits per heavy atom. The number of amides is 2. The molecule has 2 amide bonds. The second-order valence-electron chi connectivity index (χ2n) is 9.28. The van der Waals surface area contributed by atoms with Crippen molar-refractivity contribution in [2.24, 2.45) is 5.92 Å². The summed E-state index contributed by atoms with van der Waals surface area (Å²) in [5, 5.41) is 14.4. The maximum Gasteiger partial charge on any atom is 0.407 e. The Bertz CT molecular complexity index is 976. The summed E-state index contributed by atoms with van der Waals surface area (Å²) in [4.78, 5) is 36.1. The predicted octanol–water partition coefficient (Wildman–Crippen LogP) is 5.09. The van der Waals surface area contributed by atoms with Crippen molar-refractivity contribution in [1.29, 1.82) is 0 Å². The van der Waals surface area contributed by atoms with Gasteiger partial charge < -0.3 is 20.5 Å². The number of alkyl carbamates (subject to hydrolysis) is 1. The van der Waals surface area contributed by atoms with E-state index in [1.807, 2.05) is 38.1 Å². The van der Waals surface area contributed by atoms with Crippen molar-refractivity contribution in [3.05, 3.63) is 59.7 Å². The zero-order valence-electron chi connectivity index (χ0n) is 20.6. The molecule has 1 aliphatic rings. The van der Waals surface area contributed by atoms with Crippen LogP contribution in [0.25, 0.3) is 11.1 Å². The van der Waals surface area contributed by atoms with Crippen molar-refractivity contribution < 1.29 is 24.2 Å². The number of benzene rings is 2. The molecule has 2 unspecified atom stereocenters. The number of aliphatic carboxylic acids is 1. The third-order valence-electron chi connectivity index (χ3n) is 6.59. The summed E-state index contributed by atoms with van der Waals surface area (Å²) in [6.45, 7) is 4.64. The van der Waals surface area contributed by atoms with Gasteiger partial charge in [0, 0.05) is 18.9 Å². The van der Waals surface area contributed by atoms with Crippen LogP contribution in [-0.4, -0.2) is 42.3 Å². The first-order chi connectivity index (χ1) is 16.9. The van der Waals surface area contributed by atoms with Crippen LogP contribution in [-0.2, 0) is 14.3 Å². The number of fused-ring (bicyclic) bond motifs is 3. The molecule has 3 rings (SSSR count). The maximum absolute atomic E-state index is 12.7. The van der Waals surface area contributed by atoms with Gasteiger partial charge in [-0.15, -0.1) is 0 Å². The molecule has 7 nitrogen and oxygen atoms in total. The van der Waals surface area contributed by atoms with Gasteiger partial charge >= 0.3 is 12.1 Å². The van der Waals surface area contributed by atoms with Crippen LogP contribution < -0.4 is 10.6 Å². The summed E-state index contributed by atoms with van der Waals surface area (Å²) >= 11 is 0. The number of carbonyl (C=O) groups excluding carboxylic acids is 2. The SMILES string of the molecule is CCCCC(NC(=O)OCC1c2ccccc2-c2ccccc21)C(=O)NCCC(C)CCC(=O)O. The molecule has 0 saturated carbocycles. The van der Waals surface area contributed by atoms with Crippen LogP contribution in [0.5, 0.6) is 0 Å². The summed E-state index contributed by atoms with van der Waals surface area (Å²) in [6, 6.07) is 15.6. The van der Waals surface area contributed by atoms with Crippen molar-refractivity contribution in [2.45, 2.75) is 64.3 Å². The molecular weight excluding hydrogens is 444 g/mol. The molecule has 7 heteroatoms. The normalized spacial score (nSPS) is 13.9. The van der Waals surface area contributed by atoms with Crippen molar-refractivity contribution in [1.82, 2.24) is 10.6 Å². The van der Waals surface area contributed by atoms with E-state index < -0.39 is 18.1 Å². The number of ether oxygens (including phenoxy) is 1. The number of unbranched alkanes of at least 4 members (excludes halogenated alkanes) is 1. The van der Waals surface area contributed by atoms with Crippen molar-refractivity contribution in [3.8, 4) is 11.1 Å². The minimum atomic E-state index is -0.812. The fourth-order valence-electron chi connectivity index (χ4n) is 4.54. The van der Waals surface area contributed by atoms with Crippen LogP contribution in [0.15, 0.2) is 48.5 Å².